The number of aliphatic hydroxyl groups is 1. The molecule has 1 fully saturated rings. The normalized spacial score (nSPS) is 19.1. The molecule has 1 saturated carbocycles. The van der Waals surface area contributed by atoms with Crippen LogP contribution >= 0.6 is 11.3 Å². The number of benzene rings is 1. The van der Waals surface area contributed by atoms with Gasteiger partial charge in [-0.05, 0) is 36.1 Å². The summed E-state index contributed by atoms with van der Waals surface area (Å²) in [5.41, 5.74) is 3.11. The molecule has 1 aliphatic carbocycles. The Labute approximate surface area is 240 Å². The fraction of sp³-hybridized carbons (Fsp3) is 0.414. The smallest absolute Gasteiger partial charge is 0.393 e. The number of ether oxygens (including phenoxy) is 1. The van der Waals surface area contributed by atoms with Gasteiger partial charge in [-0.2, -0.15) is 13.2 Å². The molecular weight excluding hydrogens is 553 g/mol. The van der Waals surface area contributed by atoms with E-state index in [9.17, 15) is 18.3 Å². The van der Waals surface area contributed by atoms with Gasteiger partial charge in [-0.1, -0.05) is 24.3 Å². The molecule has 218 valence electrons. The number of rotatable bonds is 9. The van der Waals surface area contributed by atoms with E-state index < -0.39 is 18.7 Å². The standard InChI is InChI=1S/C29H33F3N6O2S/c1-37(2)27-25(40-4)9-19(15-34-27)18-7-5-17(6-8-18)14-33-20-10-23(24(39)11-20)38(3)26-22-12-21(13-29(30,31)32)41-28(22)36-16-35-26/h5-9,12,15-16,20,23-24,33,39H,10-11,13-14H2,1-4H3/t20-,23+,24-/m1/s1. The third-order valence-electron chi connectivity index (χ3n) is 7.42. The number of nitrogens with zero attached hydrogens (tertiary/aromatic N) is 5. The number of hydrogen-bond donors (Lipinski definition) is 2. The summed E-state index contributed by atoms with van der Waals surface area (Å²) in [5.74, 6) is 2.01. The molecule has 1 aromatic carbocycles. The van der Waals surface area contributed by atoms with Crippen LogP contribution in [-0.4, -0.2) is 72.7 Å². The molecule has 0 amide bonds. The molecule has 4 aromatic rings. The fourth-order valence-electron chi connectivity index (χ4n) is 5.35. The van der Waals surface area contributed by atoms with Crippen LogP contribution in [0.15, 0.2) is 48.9 Å². The van der Waals surface area contributed by atoms with E-state index in [1.165, 1.54) is 12.4 Å². The van der Waals surface area contributed by atoms with Crippen molar-refractivity contribution in [1.82, 2.24) is 20.3 Å². The van der Waals surface area contributed by atoms with Gasteiger partial charge in [0.15, 0.2) is 11.6 Å². The maximum atomic E-state index is 12.9. The summed E-state index contributed by atoms with van der Waals surface area (Å²) in [6.07, 6.45) is -1.46. The van der Waals surface area contributed by atoms with E-state index in [1.54, 1.807) is 7.11 Å². The molecule has 8 nitrogen and oxygen atoms in total. The summed E-state index contributed by atoms with van der Waals surface area (Å²) in [6, 6.07) is 11.6. The van der Waals surface area contributed by atoms with Crippen LogP contribution in [0, 0.1) is 0 Å². The Morgan fingerprint density at radius 2 is 1.78 bits per heavy atom. The van der Waals surface area contributed by atoms with Crippen LogP contribution in [-0.2, 0) is 13.0 Å². The Balaban J connectivity index is 1.22. The van der Waals surface area contributed by atoms with Gasteiger partial charge in [-0.25, -0.2) is 15.0 Å². The summed E-state index contributed by atoms with van der Waals surface area (Å²) in [4.78, 5) is 17.5. The summed E-state index contributed by atoms with van der Waals surface area (Å²) < 4.78 is 44.3. The lowest BCUT2D eigenvalue weighted by Gasteiger charge is -2.28. The van der Waals surface area contributed by atoms with Crippen molar-refractivity contribution in [2.75, 3.05) is 38.1 Å². The number of nitrogens with one attached hydrogen (secondary N) is 1. The van der Waals surface area contributed by atoms with Crippen molar-refractivity contribution in [2.24, 2.45) is 0 Å². The van der Waals surface area contributed by atoms with Crippen molar-refractivity contribution in [2.45, 2.75) is 50.2 Å². The number of aromatic nitrogens is 3. The number of fused-ring (bicyclic) bond motifs is 1. The SMILES string of the molecule is COc1cc(-c2ccc(CN[C@H]3C[C@@H](O)[C@@H](N(C)c4ncnc5sc(CC(F)(F)F)cc45)C3)cc2)cnc1N(C)C. The van der Waals surface area contributed by atoms with Gasteiger partial charge in [0.2, 0.25) is 0 Å². The van der Waals surface area contributed by atoms with E-state index in [4.69, 9.17) is 4.74 Å². The summed E-state index contributed by atoms with van der Waals surface area (Å²) in [6.45, 7) is 0.637. The lowest BCUT2D eigenvalue weighted by Crippen LogP contribution is -2.38. The minimum Gasteiger partial charge on any atom is -0.493 e. The zero-order valence-electron chi connectivity index (χ0n) is 23.3. The van der Waals surface area contributed by atoms with Gasteiger partial charge in [0.25, 0.3) is 0 Å². The summed E-state index contributed by atoms with van der Waals surface area (Å²) in [5, 5.41) is 15.0. The number of halogens is 3. The molecule has 2 N–H and O–H groups in total. The molecule has 12 heteroatoms. The van der Waals surface area contributed by atoms with Crippen LogP contribution in [0.4, 0.5) is 24.8 Å². The van der Waals surface area contributed by atoms with Crippen LogP contribution in [0.2, 0.25) is 0 Å². The first-order valence-electron chi connectivity index (χ1n) is 13.3. The number of pyridine rings is 1. The number of anilines is 2. The van der Waals surface area contributed by atoms with Gasteiger partial charge >= 0.3 is 6.18 Å². The highest BCUT2D eigenvalue weighted by molar-refractivity contribution is 7.18. The average Bonchev–Trinajstić information content (AvgIpc) is 3.52. The lowest BCUT2D eigenvalue weighted by molar-refractivity contribution is -0.126. The average molecular weight is 587 g/mol. The molecule has 0 bridgehead atoms. The van der Waals surface area contributed by atoms with Crippen molar-refractivity contribution in [1.29, 1.82) is 0 Å². The van der Waals surface area contributed by atoms with E-state index >= 15 is 0 Å². The van der Waals surface area contributed by atoms with Gasteiger partial charge in [0.05, 0.1) is 31.1 Å². The minimum absolute atomic E-state index is 0.0739. The van der Waals surface area contributed by atoms with Crippen molar-refractivity contribution in [3.8, 4) is 16.9 Å². The lowest BCUT2D eigenvalue weighted by atomic mass is 10.0. The number of aliphatic hydroxyl groups excluding tert-OH is 1. The molecule has 41 heavy (non-hydrogen) atoms. The Morgan fingerprint density at radius 1 is 1.02 bits per heavy atom. The molecule has 0 unspecified atom stereocenters. The molecule has 0 aliphatic heterocycles. The van der Waals surface area contributed by atoms with E-state index in [0.717, 1.165) is 33.8 Å². The first-order valence-corrected chi connectivity index (χ1v) is 14.1. The molecule has 3 atom stereocenters. The third-order valence-corrected chi connectivity index (χ3v) is 8.46. The first kappa shape index (κ1) is 29.0. The number of methoxy groups -OCH3 is 1. The molecular formula is C29H33F3N6O2S. The topological polar surface area (TPSA) is 86.6 Å². The van der Waals surface area contributed by atoms with Crippen LogP contribution in [0.1, 0.15) is 23.3 Å². The monoisotopic (exact) mass is 586 g/mol. The Hall–Kier alpha value is -3.48. The molecule has 3 heterocycles. The van der Waals surface area contributed by atoms with Crippen molar-refractivity contribution in [3.05, 3.63) is 59.4 Å². The van der Waals surface area contributed by atoms with Crippen molar-refractivity contribution < 1.29 is 23.0 Å². The second kappa shape index (κ2) is 11.8. The van der Waals surface area contributed by atoms with E-state index in [2.05, 4.69) is 44.5 Å². The molecule has 5 rings (SSSR count). The Kier molecular flexibility index (Phi) is 8.35. The van der Waals surface area contributed by atoms with E-state index in [-0.39, 0.29) is 17.0 Å². The fourth-order valence-corrected chi connectivity index (χ4v) is 6.37. The zero-order valence-corrected chi connectivity index (χ0v) is 24.1. The highest BCUT2D eigenvalue weighted by atomic mass is 32.1. The van der Waals surface area contributed by atoms with Crippen molar-refractivity contribution >= 4 is 33.2 Å². The van der Waals surface area contributed by atoms with Gasteiger partial charge in [0.1, 0.15) is 17.0 Å². The zero-order chi connectivity index (χ0) is 29.3. The molecule has 1 aliphatic rings. The predicted octanol–water partition coefficient (Wildman–Crippen LogP) is 5.05. The number of thiophene rings is 1. The molecule has 0 saturated heterocycles. The minimum atomic E-state index is -4.29. The molecule has 3 aromatic heterocycles. The van der Waals surface area contributed by atoms with Crippen molar-refractivity contribution in [3.63, 3.8) is 0 Å². The van der Waals surface area contributed by atoms with Crippen LogP contribution in [0.5, 0.6) is 5.75 Å². The molecule has 0 radical (unpaired) electrons. The van der Waals surface area contributed by atoms with Gasteiger partial charge in [-0.15, -0.1) is 11.3 Å². The summed E-state index contributed by atoms with van der Waals surface area (Å²) in [7, 11) is 7.30. The van der Waals surface area contributed by atoms with E-state index in [0.29, 0.717) is 41.2 Å². The van der Waals surface area contributed by atoms with Crippen LogP contribution in [0.3, 0.4) is 0 Å². The summed E-state index contributed by atoms with van der Waals surface area (Å²) >= 11 is 1.02. The van der Waals surface area contributed by atoms with Gasteiger partial charge < -0.3 is 25.0 Å². The third kappa shape index (κ3) is 6.55. The highest BCUT2D eigenvalue weighted by Gasteiger charge is 2.37. The number of likely N-dealkylation sites (N-methyl/N-ethyl adjacent to an activating group) is 1. The highest BCUT2D eigenvalue weighted by Crippen LogP contribution is 2.36. The van der Waals surface area contributed by atoms with Crippen LogP contribution < -0.4 is 19.9 Å². The number of hydrogen-bond acceptors (Lipinski definition) is 9. The maximum absolute atomic E-state index is 12.9. The van der Waals surface area contributed by atoms with E-state index in [1.807, 2.05) is 43.2 Å². The van der Waals surface area contributed by atoms with Gasteiger partial charge in [0, 0.05) is 50.4 Å². The van der Waals surface area contributed by atoms with Gasteiger partial charge in [-0.3, -0.25) is 0 Å². The maximum Gasteiger partial charge on any atom is 0.393 e. The predicted molar refractivity (Wildman–Crippen MR) is 156 cm³/mol. The second-order valence-electron chi connectivity index (χ2n) is 10.6. The Morgan fingerprint density at radius 3 is 2.46 bits per heavy atom. The Bertz CT molecular complexity index is 1490. The quantitative estimate of drug-likeness (QED) is 0.282. The largest absolute Gasteiger partial charge is 0.493 e. The molecule has 0 spiro atoms. The number of alkyl halides is 3. The van der Waals surface area contributed by atoms with Crippen LogP contribution in [0.25, 0.3) is 21.3 Å². The second-order valence-corrected chi connectivity index (χ2v) is 11.7. The first-order chi connectivity index (χ1) is 19.5.